The molecular weight excluding hydrogens is 448 g/mol. The van der Waals surface area contributed by atoms with Crippen LogP contribution in [0.4, 0.5) is 17.6 Å². The topological polar surface area (TPSA) is 27.7 Å². The van der Waals surface area contributed by atoms with Crippen molar-refractivity contribution in [2.45, 2.75) is 83.7 Å². The minimum atomic E-state index is -1.83. The Bertz CT molecular complexity index is 896. The first kappa shape index (κ1) is 28.3. The maximum Gasteiger partial charge on any atom is 0.289 e. The van der Waals surface area contributed by atoms with Crippen LogP contribution in [0.3, 0.4) is 0 Å². The van der Waals surface area contributed by atoms with Crippen LogP contribution in [0.5, 0.6) is 0 Å². The first-order valence-electron chi connectivity index (χ1n) is 11.9. The fourth-order valence-corrected chi connectivity index (χ4v) is 4.23. The van der Waals surface area contributed by atoms with Crippen LogP contribution in [0.1, 0.15) is 77.2 Å². The first-order valence-corrected chi connectivity index (χ1v) is 11.9. The highest BCUT2D eigenvalue weighted by Gasteiger charge is 2.42. The normalized spacial score (nSPS) is 13.0. The summed E-state index contributed by atoms with van der Waals surface area (Å²) in [6.07, 6.45) is 7.24. The van der Waals surface area contributed by atoms with Gasteiger partial charge >= 0.3 is 0 Å². The monoisotopic (exact) mass is 484 g/mol. The van der Waals surface area contributed by atoms with Crippen molar-refractivity contribution < 1.29 is 31.8 Å². The Labute approximate surface area is 200 Å². The lowest BCUT2D eigenvalue weighted by atomic mass is 9.89. The second kappa shape index (κ2) is 13.2. The van der Waals surface area contributed by atoms with E-state index in [4.69, 9.17) is 14.2 Å². The van der Waals surface area contributed by atoms with Crippen molar-refractivity contribution in [1.82, 2.24) is 0 Å². The van der Waals surface area contributed by atoms with Gasteiger partial charge in [0, 0.05) is 19.8 Å². The van der Waals surface area contributed by atoms with Gasteiger partial charge in [-0.1, -0.05) is 69.7 Å². The molecular formula is C27H36F4O3. The van der Waals surface area contributed by atoms with E-state index in [1.54, 1.807) is 24.3 Å². The van der Waals surface area contributed by atoms with E-state index in [-0.39, 0.29) is 23.1 Å². The third kappa shape index (κ3) is 6.80. The number of hydrogen-bond donors (Lipinski definition) is 0. The van der Waals surface area contributed by atoms with E-state index in [1.165, 1.54) is 33.5 Å². The molecule has 0 bridgehead atoms. The van der Waals surface area contributed by atoms with E-state index in [9.17, 15) is 17.6 Å². The SMILES string of the molecule is CCCCCCCCC(c1ccc(-c2cc(F)c(F)c(F)c2F)cc1)C(OC)(OC)OC(C)C. The van der Waals surface area contributed by atoms with Gasteiger partial charge in [-0.05, 0) is 37.5 Å². The molecule has 0 N–H and O–H groups in total. The Morgan fingerprint density at radius 3 is 1.94 bits per heavy atom. The van der Waals surface area contributed by atoms with Gasteiger partial charge in [0.05, 0.1) is 12.0 Å². The van der Waals surface area contributed by atoms with Gasteiger partial charge in [0.15, 0.2) is 23.3 Å². The second-order valence-corrected chi connectivity index (χ2v) is 8.76. The third-order valence-electron chi connectivity index (χ3n) is 5.97. The van der Waals surface area contributed by atoms with Crippen LogP contribution in [0.25, 0.3) is 11.1 Å². The number of halogens is 4. The highest BCUT2D eigenvalue weighted by atomic mass is 19.2. The van der Waals surface area contributed by atoms with Crippen molar-refractivity contribution in [3.8, 4) is 11.1 Å². The van der Waals surface area contributed by atoms with Crippen molar-refractivity contribution in [1.29, 1.82) is 0 Å². The third-order valence-corrected chi connectivity index (χ3v) is 5.97. The molecule has 0 aliphatic rings. The van der Waals surface area contributed by atoms with Crippen molar-refractivity contribution in [2.24, 2.45) is 0 Å². The Hall–Kier alpha value is -1.96. The lowest BCUT2D eigenvalue weighted by molar-refractivity contribution is -0.385. The molecule has 0 aliphatic heterocycles. The van der Waals surface area contributed by atoms with Crippen molar-refractivity contribution in [3.05, 3.63) is 59.2 Å². The molecule has 1 atom stereocenters. The van der Waals surface area contributed by atoms with Gasteiger partial charge in [-0.2, -0.15) is 0 Å². The molecule has 0 fully saturated rings. The summed E-state index contributed by atoms with van der Waals surface area (Å²) in [5.41, 5.74) is 0.686. The molecule has 2 rings (SSSR count). The van der Waals surface area contributed by atoms with E-state index in [0.29, 0.717) is 12.5 Å². The lowest BCUT2D eigenvalue weighted by Crippen LogP contribution is -2.45. The fourth-order valence-electron chi connectivity index (χ4n) is 4.23. The molecule has 34 heavy (non-hydrogen) atoms. The zero-order chi connectivity index (χ0) is 25.3. The largest absolute Gasteiger partial charge is 0.330 e. The van der Waals surface area contributed by atoms with E-state index in [0.717, 1.165) is 24.8 Å². The Morgan fingerprint density at radius 1 is 0.794 bits per heavy atom. The van der Waals surface area contributed by atoms with Gasteiger partial charge in [0.25, 0.3) is 5.97 Å². The highest BCUT2D eigenvalue weighted by molar-refractivity contribution is 5.65. The molecule has 0 saturated carbocycles. The molecule has 0 aromatic heterocycles. The van der Waals surface area contributed by atoms with Gasteiger partial charge in [-0.15, -0.1) is 0 Å². The molecule has 0 amide bonds. The Morgan fingerprint density at radius 2 is 1.38 bits per heavy atom. The smallest absolute Gasteiger partial charge is 0.289 e. The first-order chi connectivity index (χ1) is 16.2. The van der Waals surface area contributed by atoms with Crippen LogP contribution in [0.15, 0.2) is 30.3 Å². The zero-order valence-corrected chi connectivity index (χ0v) is 20.7. The molecule has 0 heterocycles. The maximum absolute atomic E-state index is 14.3. The average molecular weight is 485 g/mol. The summed E-state index contributed by atoms with van der Waals surface area (Å²) >= 11 is 0. The summed E-state index contributed by atoms with van der Waals surface area (Å²) in [6, 6.07) is 7.21. The predicted molar refractivity (Wildman–Crippen MR) is 125 cm³/mol. The average Bonchev–Trinajstić information content (AvgIpc) is 2.83. The van der Waals surface area contributed by atoms with Gasteiger partial charge < -0.3 is 14.2 Å². The quantitative estimate of drug-likeness (QED) is 0.0891. The van der Waals surface area contributed by atoms with Crippen molar-refractivity contribution in [2.75, 3.05) is 14.2 Å². The molecule has 2 aromatic rings. The van der Waals surface area contributed by atoms with Crippen molar-refractivity contribution >= 4 is 0 Å². The Balaban J connectivity index is 2.36. The minimum Gasteiger partial charge on any atom is -0.330 e. The minimum absolute atomic E-state index is 0.175. The highest BCUT2D eigenvalue weighted by Crippen LogP contribution is 2.39. The lowest BCUT2D eigenvalue weighted by Gasteiger charge is -2.39. The van der Waals surface area contributed by atoms with Crippen LogP contribution in [-0.2, 0) is 14.2 Å². The van der Waals surface area contributed by atoms with Gasteiger partial charge in [0.1, 0.15) is 0 Å². The number of benzene rings is 2. The molecule has 0 radical (unpaired) electrons. The van der Waals surface area contributed by atoms with E-state index in [1.807, 2.05) is 13.8 Å². The molecule has 190 valence electrons. The van der Waals surface area contributed by atoms with E-state index < -0.39 is 29.2 Å². The second-order valence-electron chi connectivity index (χ2n) is 8.76. The van der Waals surface area contributed by atoms with E-state index >= 15 is 0 Å². The predicted octanol–water partition coefficient (Wildman–Crippen LogP) is 8.12. The van der Waals surface area contributed by atoms with Crippen LogP contribution in [0, 0.1) is 23.3 Å². The van der Waals surface area contributed by atoms with E-state index in [2.05, 4.69) is 6.92 Å². The maximum atomic E-state index is 14.3. The summed E-state index contributed by atoms with van der Waals surface area (Å²) in [5.74, 6) is -8.17. The molecule has 3 nitrogen and oxygen atoms in total. The molecule has 1 unspecified atom stereocenters. The van der Waals surface area contributed by atoms with Crippen molar-refractivity contribution in [3.63, 3.8) is 0 Å². The molecule has 0 saturated heterocycles. The molecule has 7 heteroatoms. The van der Waals surface area contributed by atoms with Gasteiger partial charge in [-0.25, -0.2) is 17.6 Å². The number of ether oxygens (including phenoxy) is 3. The fraction of sp³-hybridized carbons (Fsp3) is 0.556. The zero-order valence-electron chi connectivity index (χ0n) is 20.7. The molecule has 0 aliphatic carbocycles. The van der Waals surface area contributed by atoms with Crippen LogP contribution >= 0.6 is 0 Å². The van der Waals surface area contributed by atoms with Crippen LogP contribution < -0.4 is 0 Å². The van der Waals surface area contributed by atoms with Gasteiger partial charge in [-0.3, -0.25) is 0 Å². The number of methoxy groups -OCH3 is 2. The van der Waals surface area contributed by atoms with Crippen LogP contribution in [0.2, 0.25) is 0 Å². The summed E-state index contributed by atoms with van der Waals surface area (Å²) in [4.78, 5) is 0. The molecule has 0 spiro atoms. The Kier molecular flexibility index (Phi) is 11.0. The number of hydrogen-bond acceptors (Lipinski definition) is 3. The van der Waals surface area contributed by atoms with Crippen LogP contribution in [-0.4, -0.2) is 26.3 Å². The molecule has 2 aromatic carbocycles. The summed E-state index contributed by atoms with van der Waals surface area (Å²) in [5, 5.41) is 0. The summed E-state index contributed by atoms with van der Waals surface area (Å²) in [7, 11) is 3.04. The summed E-state index contributed by atoms with van der Waals surface area (Å²) < 4.78 is 72.6. The van der Waals surface area contributed by atoms with Gasteiger partial charge in [0.2, 0.25) is 0 Å². The summed E-state index contributed by atoms with van der Waals surface area (Å²) in [6.45, 7) is 5.95. The standard InChI is InChI=1S/C27H36F4O3/c1-6-7-8-9-10-11-12-22(27(32-4,33-5)34-18(2)3)20-15-13-19(14-16-20)21-17-23(28)25(30)26(31)24(21)29/h13-18,22H,6-12H2,1-5H3. The number of rotatable bonds is 14. The number of unbranched alkanes of at least 4 members (excludes halogenated alkanes) is 5.